The second-order valence-corrected chi connectivity index (χ2v) is 7.07. The van der Waals surface area contributed by atoms with Crippen LogP contribution < -0.4 is 18.9 Å². The number of sulfonamides is 1. The minimum atomic E-state index is -3.69. The Bertz CT molecular complexity index is 803. The zero-order chi connectivity index (χ0) is 18.4. The van der Waals surface area contributed by atoms with E-state index in [1.165, 1.54) is 12.1 Å². The molecule has 2 aromatic carbocycles. The van der Waals surface area contributed by atoms with Gasteiger partial charge in [-0.15, -0.1) is 0 Å². The Morgan fingerprint density at radius 2 is 1.64 bits per heavy atom. The Hall–Kier alpha value is -2.25. The predicted octanol–water partition coefficient (Wildman–Crippen LogP) is 3.14. The van der Waals surface area contributed by atoms with E-state index in [0.29, 0.717) is 29.4 Å². The van der Waals surface area contributed by atoms with Crippen molar-refractivity contribution in [2.24, 2.45) is 0 Å². The van der Waals surface area contributed by atoms with Crippen molar-refractivity contribution in [2.75, 3.05) is 20.8 Å². The summed E-state index contributed by atoms with van der Waals surface area (Å²) >= 11 is 0. The fourth-order valence-corrected chi connectivity index (χ4v) is 3.65. The van der Waals surface area contributed by atoms with E-state index in [1.807, 2.05) is 6.92 Å². The van der Waals surface area contributed by atoms with Gasteiger partial charge in [-0.05, 0) is 56.3 Å². The molecule has 0 aromatic heterocycles. The minimum absolute atomic E-state index is 0.171. The first-order valence-corrected chi connectivity index (χ1v) is 9.36. The fraction of sp³-hybridized carbons (Fsp3) is 0.333. The van der Waals surface area contributed by atoms with Gasteiger partial charge in [0.25, 0.3) is 0 Å². The highest BCUT2D eigenvalue weighted by atomic mass is 32.2. The third-order valence-corrected chi connectivity index (χ3v) is 5.24. The molecule has 0 aliphatic heterocycles. The normalized spacial score (nSPS) is 12.5. The van der Waals surface area contributed by atoms with Crippen molar-refractivity contribution >= 4 is 10.0 Å². The smallest absolute Gasteiger partial charge is 0.241 e. The Labute approximate surface area is 148 Å². The van der Waals surface area contributed by atoms with Crippen LogP contribution in [0.3, 0.4) is 0 Å². The highest BCUT2D eigenvalue weighted by Gasteiger charge is 2.21. The van der Waals surface area contributed by atoms with Crippen LogP contribution in [-0.2, 0) is 10.0 Å². The number of ether oxygens (including phenoxy) is 3. The van der Waals surface area contributed by atoms with Gasteiger partial charge in [0.05, 0.1) is 25.7 Å². The van der Waals surface area contributed by atoms with Crippen molar-refractivity contribution in [3.8, 4) is 17.2 Å². The Balaban J connectivity index is 2.25. The van der Waals surface area contributed by atoms with Crippen LogP contribution in [0.25, 0.3) is 0 Å². The fourth-order valence-electron chi connectivity index (χ4n) is 2.42. The molecule has 7 heteroatoms. The van der Waals surface area contributed by atoms with Crippen LogP contribution in [0.5, 0.6) is 17.2 Å². The van der Waals surface area contributed by atoms with Gasteiger partial charge in [-0.3, -0.25) is 0 Å². The number of nitrogens with one attached hydrogen (secondary N) is 1. The molecule has 0 fully saturated rings. The summed E-state index contributed by atoms with van der Waals surface area (Å²) in [6, 6.07) is 11.1. The molecule has 0 bridgehead atoms. The summed E-state index contributed by atoms with van der Waals surface area (Å²) in [6.07, 6.45) is 0. The van der Waals surface area contributed by atoms with Gasteiger partial charge >= 0.3 is 0 Å². The minimum Gasteiger partial charge on any atom is -0.497 e. The molecular formula is C18H23NO5S. The van der Waals surface area contributed by atoms with Gasteiger partial charge in [-0.2, -0.15) is 0 Å². The van der Waals surface area contributed by atoms with E-state index in [-0.39, 0.29) is 4.90 Å². The first-order valence-electron chi connectivity index (χ1n) is 7.88. The van der Waals surface area contributed by atoms with E-state index in [2.05, 4.69) is 4.72 Å². The van der Waals surface area contributed by atoms with Crippen molar-refractivity contribution in [3.63, 3.8) is 0 Å². The zero-order valence-corrected chi connectivity index (χ0v) is 15.6. The molecular weight excluding hydrogens is 342 g/mol. The first kappa shape index (κ1) is 19.1. The second kappa shape index (κ2) is 8.22. The van der Waals surface area contributed by atoms with E-state index >= 15 is 0 Å². The lowest BCUT2D eigenvalue weighted by Gasteiger charge is -2.18. The zero-order valence-electron chi connectivity index (χ0n) is 14.8. The quantitative estimate of drug-likeness (QED) is 0.778. The molecule has 0 aliphatic carbocycles. The molecule has 0 heterocycles. The SMILES string of the molecule is CCOc1ccc(S(=O)(=O)NC(C)c2cc(OC)ccc2OC)cc1. The lowest BCUT2D eigenvalue weighted by molar-refractivity contribution is 0.340. The van der Waals surface area contributed by atoms with Crippen LogP contribution in [0, 0.1) is 0 Å². The van der Waals surface area contributed by atoms with Gasteiger partial charge < -0.3 is 14.2 Å². The molecule has 0 saturated heterocycles. The first-order chi connectivity index (χ1) is 11.9. The number of benzene rings is 2. The maximum absolute atomic E-state index is 12.6. The average Bonchev–Trinajstić information content (AvgIpc) is 2.61. The molecule has 6 nitrogen and oxygen atoms in total. The van der Waals surface area contributed by atoms with Crippen LogP contribution in [0.15, 0.2) is 47.4 Å². The van der Waals surface area contributed by atoms with Crippen molar-refractivity contribution in [3.05, 3.63) is 48.0 Å². The van der Waals surface area contributed by atoms with Crippen LogP contribution in [0.1, 0.15) is 25.5 Å². The Kier molecular flexibility index (Phi) is 6.27. The number of methoxy groups -OCH3 is 2. The molecule has 0 amide bonds. The number of rotatable bonds is 8. The molecule has 0 spiro atoms. The van der Waals surface area contributed by atoms with Crippen LogP contribution >= 0.6 is 0 Å². The lowest BCUT2D eigenvalue weighted by atomic mass is 10.1. The van der Waals surface area contributed by atoms with E-state index in [9.17, 15) is 8.42 Å². The molecule has 1 unspecified atom stereocenters. The van der Waals surface area contributed by atoms with Gasteiger partial charge in [0.1, 0.15) is 17.2 Å². The largest absolute Gasteiger partial charge is 0.497 e. The maximum atomic E-state index is 12.6. The summed E-state index contributed by atoms with van der Waals surface area (Å²) in [7, 11) is -0.589. The van der Waals surface area contributed by atoms with E-state index < -0.39 is 16.1 Å². The van der Waals surface area contributed by atoms with E-state index in [4.69, 9.17) is 14.2 Å². The monoisotopic (exact) mass is 365 g/mol. The average molecular weight is 365 g/mol. The Morgan fingerprint density at radius 1 is 1.00 bits per heavy atom. The number of hydrogen-bond acceptors (Lipinski definition) is 5. The molecule has 0 aliphatic rings. The van der Waals surface area contributed by atoms with Crippen molar-refractivity contribution in [1.82, 2.24) is 4.72 Å². The summed E-state index contributed by atoms with van der Waals surface area (Å²) in [5, 5.41) is 0. The predicted molar refractivity (Wildman–Crippen MR) is 95.9 cm³/mol. The molecule has 2 aromatic rings. The maximum Gasteiger partial charge on any atom is 0.241 e. The van der Waals surface area contributed by atoms with Crippen molar-refractivity contribution < 1.29 is 22.6 Å². The van der Waals surface area contributed by atoms with Crippen molar-refractivity contribution in [2.45, 2.75) is 24.8 Å². The third kappa shape index (κ3) is 4.64. The second-order valence-electron chi connectivity index (χ2n) is 5.36. The molecule has 0 saturated carbocycles. The van der Waals surface area contributed by atoms with Gasteiger partial charge in [-0.1, -0.05) is 0 Å². The van der Waals surface area contributed by atoms with Gasteiger partial charge in [0.2, 0.25) is 10.0 Å². The number of hydrogen-bond donors (Lipinski definition) is 1. The van der Waals surface area contributed by atoms with Gasteiger partial charge in [0, 0.05) is 11.6 Å². The van der Waals surface area contributed by atoms with Gasteiger partial charge in [-0.25, -0.2) is 13.1 Å². The highest BCUT2D eigenvalue weighted by Crippen LogP contribution is 2.30. The molecule has 0 radical (unpaired) electrons. The Morgan fingerprint density at radius 3 is 2.20 bits per heavy atom. The van der Waals surface area contributed by atoms with Crippen LogP contribution in [0.2, 0.25) is 0 Å². The molecule has 2 rings (SSSR count). The molecule has 25 heavy (non-hydrogen) atoms. The standard InChI is InChI=1S/C18H23NO5S/c1-5-24-14-6-9-16(10-7-14)25(20,21)19-13(2)17-12-15(22-3)8-11-18(17)23-4/h6-13,19H,5H2,1-4H3. The summed E-state index contributed by atoms with van der Waals surface area (Å²) in [5.74, 6) is 1.84. The lowest BCUT2D eigenvalue weighted by Crippen LogP contribution is -2.27. The van der Waals surface area contributed by atoms with E-state index in [0.717, 1.165) is 0 Å². The summed E-state index contributed by atoms with van der Waals surface area (Å²) in [4.78, 5) is 0.171. The van der Waals surface area contributed by atoms with Crippen LogP contribution in [-0.4, -0.2) is 29.2 Å². The summed E-state index contributed by atoms with van der Waals surface area (Å²) < 4.78 is 43.8. The summed E-state index contributed by atoms with van der Waals surface area (Å²) in [5.41, 5.74) is 0.691. The van der Waals surface area contributed by atoms with Gasteiger partial charge in [0.15, 0.2) is 0 Å². The van der Waals surface area contributed by atoms with E-state index in [1.54, 1.807) is 51.5 Å². The molecule has 1 atom stereocenters. The van der Waals surface area contributed by atoms with Crippen molar-refractivity contribution in [1.29, 1.82) is 0 Å². The van der Waals surface area contributed by atoms with Crippen LogP contribution in [0.4, 0.5) is 0 Å². The molecule has 1 N–H and O–H groups in total. The molecule has 136 valence electrons. The topological polar surface area (TPSA) is 73.9 Å². The third-order valence-electron chi connectivity index (χ3n) is 3.68. The highest BCUT2D eigenvalue weighted by molar-refractivity contribution is 7.89. The summed E-state index contributed by atoms with van der Waals surface area (Å²) in [6.45, 7) is 4.15.